The summed E-state index contributed by atoms with van der Waals surface area (Å²) in [5.74, 6) is 3.19. The lowest BCUT2D eigenvalue weighted by Crippen LogP contribution is -2.36. The van der Waals surface area contributed by atoms with Crippen LogP contribution in [0.25, 0.3) is 11.3 Å². The van der Waals surface area contributed by atoms with Crippen molar-refractivity contribution in [3.8, 4) is 11.3 Å². The maximum absolute atomic E-state index is 5.92. The Labute approximate surface area is 160 Å². The van der Waals surface area contributed by atoms with Gasteiger partial charge in [0.25, 0.3) is 0 Å². The highest BCUT2D eigenvalue weighted by Gasteiger charge is 2.06. The van der Waals surface area contributed by atoms with Gasteiger partial charge in [-0.1, -0.05) is 28.1 Å². The summed E-state index contributed by atoms with van der Waals surface area (Å²) >= 11 is 3.44. The standard InChI is InChI=1S/C18H21BrN6O/c1-3-20-18(22-11-17-23-12-24-25(17)2)21-10-15-8-9-16(26-15)13-4-6-14(19)7-5-13/h4-9,12H,3,10-11H2,1-2H3,(H2,20,21,22). The number of aryl methyl sites for hydroxylation is 1. The van der Waals surface area contributed by atoms with Crippen molar-refractivity contribution < 1.29 is 4.42 Å². The lowest BCUT2D eigenvalue weighted by molar-refractivity contribution is 0.513. The van der Waals surface area contributed by atoms with Crippen LogP contribution >= 0.6 is 15.9 Å². The average molecular weight is 417 g/mol. The lowest BCUT2D eigenvalue weighted by Gasteiger charge is -2.10. The fourth-order valence-corrected chi connectivity index (χ4v) is 2.63. The fourth-order valence-electron chi connectivity index (χ4n) is 2.37. The minimum Gasteiger partial charge on any atom is -0.459 e. The second-order valence-electron chi connectivity index (χ2n) is 5.62. The molecular weight excluding hydrogens is 396 g/mol. The molecule has 0 bridgehead atoms. The van der Waals surface area contributed by atoms with Crippen LogP contribution in [-0.4, -0.2) is 27.3 Å². The van der Waals surface area contributed by atoms with E-state index in [2.05, 4.69) is 41.6 Å². The van der Waals surface area contributed by atoms with Crippen LogP contribution in [0.5, 0.6) is 0 Å². The molecule has 0 atom stereocenters. The number of benzene rings is 1. The molecule has 2 heterocycles. The molecule has 2 aromatic heterocycles. The highest BCUT2D eigenvalue weighted by molar-refractivity contribution is 9.10. The zero-order valence-electron chi connectivity index (χ0n) is 14.7. The highest BCUT2D eigenvalue weighted by Crippen LogP contribution is 2.23. The zero-order chi connectivity index (χ0) is 18.4. The van der Waals surface area contributed by atoms with E-state index in [0.29, 0.717) is 19.0 Å². The number of aliphatic imine (C=N–C) groups is 1. The summed E-state index contributed by atoms with van der Waals surface area (Å²) in [6.07, 6.45) is 1.53. The topological polar surface area (TPSA) is 80.3 Å². The molecule has 2 N–H and O–H groups in total. The molecule has 0 saturated heterocycles. The summed E-state index contributed by atoms with van der Waals surface area (Å²) in [7, 11) is 1.85. The quantitative estimate of drug-likeness (QED) is 0.476. The van der Waals surface area contributed by atoms with E-state index < -0.39 is 0 Å². The highest BCUT2D eigenvalue weighted by atomic mass is 79.9. The molecule has 0 fully saturated rings. The molecule has 0 saturated carbocycles. The Kier molecular flexibility index (Phi) is 6.06. The monoisotopic (exact) mass is 416 g/mol. The van der Waals surface area contributed by atoms with Crippen LogP contribution in [0.15, 0.2) is 56.6 Å². The fraction of sp³-hybridized carbons (Fsp3) is 0.278. The smallest absolute Gasteiger partial charge is 0.192 e. The zero-order valence-corrected chi connectivity index (χ0v) is 16.3. The van der Waals surface area contributed by atoms with Gasteiger partial charge in [-0.2, -0.15) is 5.10 Å². The van der Waals surface area contributed by atoms with Crippen molar-refractivity contribution in [1.82, 2.24) is 25.4 Å². The van der Waals surface area contributed by atoms with Crippen molar-refractivity contribution in [3.63, 3.8) is 0 Å². The van der Waals surface area contributed by atoms with Gasteiger partial charge in [0.15, 0.2) is 5.96 Å². The van der Waals surface area contributed by atoms with Crippen molar-refractivity contribution in [2.24, 2.45) is 12.0 Å². The normalized spacial score (nSPS) is 11.6. The minimum atomic E-state index is 0.453. The Balaban J connectivity index is 1.62. The van der Waals surface area contributed by atoms with Gasteiger partial charge in [0.1, 0.15) is 30.2 Å². The van der Waals surface area contributed by atoms with Crippen LogP contribution < -0.4 is 10.6 Å². The summed E-state index contributed by atoms with van der Waals surface area (Å²) in [4.78, 5) is 8.71. The van der Waals surface area contributed by atoms with Gasteiger partial charge in [-0.15, -0.1) is 0 Å². The molecule has 1 aromatic carbocycles. The third kappa shape index (κ3) is 4.72. The van der Waals surface area contributed by atoms with E-state index in [0.717, 1.165) is 33.9 Å². The number of aromatic nitrogens is 3. The minimum absolute atomic E-state index is 0.453. The first-order chi connectivity index (χ1) is 12.7. The van der Waals surface area contributed by atoms with Crippen LogP contribution in [0.3, 0.4) is 0 Å². The van der Waals surface area contributed by atoms with E-state index in [4.69, 9.17) is 4.42 Å². The van der Waals surface area contributed by atoms with Crippen molar-refractivity contribution in [1.29, 1.82) is 0 Å². The Bertz CT molecular complexity index is 868. The molecule has 0 amide bonds. The van der Waals surface area contributed by atoms with Gasteiger partial charge in [-0.3, -0.25) is 4.68 Å². The molecule has 26 heavy (non-hydrogen) atoms. The molecule has 0 radical (unpaired) electrons. The summed E-state index contributed by atoms with van der Waals surface area (Å²) < 4.78 is 8.68. The van der Waals surface area contributed by atoms with Gasteiger partial charge in [0.2, 0.25) is 0 Å². The van der Waals surface area contributed by atoms with E-state index in [1.165, 1.54) is 6.33 Å². The number of nitrogens with zero attached hydrogens (tertiary/aromatic N) is 4. The van der Waals surface area contributed by atoms with Gasteiger partial charge < -0.3 is 15.1 Å². The molecule has 3 rings (SSSR count). The first-order valence-corrected chi connectivity index (χ1v) is 9.14. The number of hydrogen-bond acceptors (Lipinski definition) is 4. The van der Waals surface area contributed by atoms with Crippen LogP contribution in [0.1, 0.15) is 18.5 Å². The van der Waals surface area contributed by atoms with Crippen LogP contribution in [0.2, 0.25) is 0 Å². The van der Waals surface area contributed by atoms with E-state index in [-0.39, 0.29) is 0 Å². The Hall–Kier alpha value is -2.61. The maximum Gasteiger partial charge on any atom is 0.192 e. The largest absolute Gasteiger partial charge is 0.459 e. The predicted molar refractivity (Wildman–Crippen MR) is 105 cm³/mol. The number of furan rings is 1. The summed E-state index contributed by atoms with van der Waals surface area (Å²) in [6, 6.07) is 12.0. The van der Waals surface area contributed by atoms with E-state index in [1.54, 1.807) is 4.68 Å². The molecule has 8 heteroatoms. The first kappa shape index (κ1) is 18.2. The van der Waals surface area contributed by atoms with Gasteiger partial charge in [-0.05, 0) is 31.2 Å². The molecule has 0 aliphatic heterocycles. The van der Waals surface area contributed by atoms with Crippen LogP contribution in [-0.2, 0) is 20.1 Å². The molecule has 7 nitrogen and oxygen atoms in total. The van der Waals surface area contributed by atoms with Crippen molar-refractivity contribution >= 4 is 21.9 Å². The number of nitrogens with one attached hydrogen (secondary N) is 2. The SMILES string of the molecule is CCNC(=NCc1ncnn1C)NCc1ccc(-c2ccc(Br)cc2)o1. The second-order valence-corrected chi connectivity index (χ2v) is 6.54. The first-order valence-electron chi connectivity index (χ1n) is 8.35. The molecule has 3 aromatic rings. The van der Waals surface area contributed by atoms with E-state index >= 15 is 0 Å². The Morgan fingerprint density at radius 2 is 2.00 bits per heavy atom. The van der Waals surface area contributed by atoms with E-state index in [9.17, 15) is 0 Å². The van der Waals surface area contributed by atoms with Crippen molar-refractivity contribution in [2.45, 2.75) is 20.0 Å². The molecule has 0 aliphatic carbocycles. The third-order valence-corrected chi connectivity index (χ3v) is 4.28. The van der Waals surface area contributed by atoms with Crippen LogP contribution in [0, 0.1) is 0 Å². The number of halogens is 1. The Morgan fingerprint density at radius 1 is 1.19 bits per heavy atom. The number of guanidine groups is 1. The van der Waals surface area contributed by atoms with Gasteiger partial charge in [-0.25, -0.2) is 9.98 Å². The van der Waals surface area contributed by atoms with Gasteiger partial charge >= 0.3 is 0 Å². The number of rotatable bonds is 6. The molecule has 0 aliphatic rings. The third-order valence-electron chi connectivity index (χ3n) is 3.75. The van der Waals surface area contributed by atoms with Gasteiger partial charge in [0, 0.05) is 23.6 Å². The second kappa shape index (κ2) is 8.66. The average Bonchev–Trinajstić information content (AvgIpc) is 3.27. The lowest BCUT2D eigenvalue weighted by atomic mass is 10.2. The molecule has 0 unspecified atom stereocenters. The number of hydrogen-bond donors (Lipinski definition) is 2. The van der Waals surface area contributed by atoms with E-state index in [1.807, 2.05) is 50.4 Å². The van der Waals surface area contributed by atoms with Gasteiger partial charge in [0.05, 0.1) is 6.54 Å². The summed E-state index contributed by atoms with van der Waals surface area (Å²) in [5, 5.41) is 10.5. The van der Waals surface area contributed by atoms with Crippen molar-refractivity contribution in [3.05, 3.63) is 58.8 Å². The van der Waals surface area contributed by atoms with Crippen LogP contribution in [0.4, 0.5) is 0 Å². The molecule has 0 spiro atoms. The molecular formula is C18H21BrN6O. The summed E-state index contributed by atoms with van der Waals surface area (Å²) in [6.45, 7) is 3.79. The summed E-state index contributed by atoms with van der Waals surface area (Å²) in [5.41, 5.74) is 1.04. The predicted octanol–water partition coefficient (Wildman–Crippen LogP) is 3.09. The maximum atomic E-state index is 5.92. The molecule has 136 valence electrons. The Morgan fingerprint density at radius 3 is 2.69 bits per heavy atom. The van der Waals surface area contributed by atoms with Crippen molar-refractivity contribution in [2.75, 3.05) is 6.54 Å².